The lowest BCUT2D eigenvalue weighted by Gasteiger charge is -2.41. The maximum Gasteiger partial charge on any atom is 0.322 e. The molecule has 1 atom stereocenters. The molecule has 2 amide bonds. The lowest BCUT2D eigenvalue weighted by Crippen LogP contribution is -2.53. The highest BCUT2D eigenvalue weighted by Crippen LogP contribution is 2.39. The molecule has 6 rings (SSSR count). The first kappa shape index (κ1) is 19.1. The minimum Gasteiger partial charge on any atom is -0.424 e. The Morgan fingerprint density at radius 1 is 0.969 bits per heavy atom. The van der Waals surface area contributed by atoms with Gasteiger partial charge in [-0.3, -0.25) is 0 Å². The fourth-order valence-electron chi connectivity index (χ4n) is 4.44. The molecule has 32 heavy (non-hydrogen) atoms. The highest BCUT2D eigenvalue weighted by molar-refractivity contribution is 5.76. The van der Waals surface area contributed by atoms with E-state index in [2.05, 4.69) is 37.6 Å². The molecular formula is C22H24N8O2. The van der Waals surface area contributed by atoms with Gasteiger partial charge in [-0.25, -0.2) is 14.5 Å². The van der Waals surface area contributed by atoms with Gasteiger partial charge in [-0.05, 0) is 53.5 Å². The molecule has 164 valence electrons. The Kier molecular flexibility index (Phi) is 4.70. The van der Waals surface area contributed by atoms with Gasteiger partial charge in [0, 0.05) is 44.2 Å². The van der Waals surface area contributed by atoms with E-state index in [1.165, 1.54) is 18.4 Å². The SMILES string of the molecule is O=C(N1CC(c2ccc(Oc3nccc(C4CC4)n3)cc2)C1)N1CC[C@@H](n2cnnn2)C1. The molecule has 0 unspecified atom stereocenters. The van der Waals surface area contributed by atoms with Crippen molar-refractivity contribution >= 4 is 6.03 Å². The molecule has 1 aliphatic carbocycles. The van der Waals surface area contributed by atoms with Crippen molar-refractivity contribution in [1.82, 2.24) is 40.0 Å². The number of hydrogen-bond donors (Lipinski definition) is 0. The lowest BCUT2D eigenvalue weighted by molar-refractivity contribution is 0.120. The standard InChI is InChI=1S/C22H24N8O2/c31-22(28-10-8-18(13-28)30-14-24-26-27-30)29-11-17(12-29)15-3-5-19(6-4-15)32-21-23-9-7-20(25-21)16-1-2-16/h3-7,9,14,16-18H,1-2,8,10-13H2/t18-/m1/s1. The molecule has 0 N–H and O–H groups in total. The molecule has 0 bridgehead atoms. The zero-order valence-corrected chi connectivity index (χ0v) is 17.6. The zero-order chi connectivity index (χ0) is 21.5. The Hall–Kier alpha value is -3.56. The average molecular weight is 432 g/mol. The van der Waals surface area contributed by atoms with E-state index in [0.29, 0.717) is 24.4 Å². The Labute approximate surface area is 185 Å². The predicted molar refractivity (Wildman–Crippen MR) is 113 cm³/mol. The normalized spacial score (nSPS) is 20.9. The number of nitrogens with zero attached hydrogens (tertiary/aromatic N) is 8. The molecule has 1 saturated carbocycles. The second kappa shape index (κ2) is 7.85. The summed E-state index contributed by atoms with van der Waals surface area (Å²) in [5.74, 6) is 1.64. The van der Waals surface area contributed by atoms with Crippen molar-refractivity contribution in [3.63, 3.8) is 0 Å². The number of urea groups is 1. The molecular weight excluding hydrogens is 408 g/mol. The van der Waals surface area contributed by atoms with Crippen molar-refractivity contribution in [2.75, 3.05) is 26.2 Å². The topological polar surface area (TPSA) is 102 Å². The van der Waals surface area contributed by atoms with Crippen LogP contribution in [0.2, 0.25) is 0 Å². The van der Waals surface area contributed by atoms with Crippen LogP contribution in [-0.4, -0.2) is 72.2 Å². The van der Waals surface area contributed by atoms with E-state index in [4.69, 9.17) is 4.74 Å². The molecule has 2 aliphatic heterocycles. The smallest absolute Gasteiger partial charge is 0.322 e. The van der Waals surface area contributed by atoms with Crippen LogP contribution in [0.25, 0.3) is 0 Å². The van der Waals surface area contributed by atoms with E-state index in [1.54, 1.807) is 17.2 Å². The molecule has 3 fully saturated rings. The van der Waals surface area contributed by atoms with Gasteiger partial charge in [0.15, 0.2) is 0 Å². The molecule has 10 heteroatoms. The minimum absolute atomic E-state index is 0.101. The molecule has 10 nitrogen and oxygen atoms in total. The summed E-state index contributed by atoms with van der Waals surface area (Å²) in [5.41, 5.74) is 2.27. The Morgan fingerprint density at radius 2 is 1.81 bits per heavy atom. The fourth-order valence-corrected chi connectivity index (χ4v) is 4.44. The van der Waals surface area contributed by atoms with Crippen LogP contribution in [0.3, 0.4) is 0 Å². The van der Waals surface area contributed by atoms with Crippen LogP contribution in [0, 0.1) is 0 Å². The number of rotatable bonds is 5. The van der Waals surface area contributed by atoms with Crippen LogP contribution in [0.4, 0.5) is 4.79 Å². The molecule has 2 aromatic heterocycles. The van der Waals surface area contributed by atoms with Crippen molar-refractivity contribution in [3.05, 3.63) is 54.1 Å². The van der Waals surface area contributed by atoms with Gasteiger partial charge < -0.3 is 14.5 Å². The van der Waals surface area contributed by atoms with E-state index in [9.17, 15) is 4.79 Å². The molecule has 2 saturated heterocycles. The minimum atomic E-state index is 0.101. The van der Waals surface area contributed by atoms with Crippen LogP contribution in [0.15, 0.2) is 42.9 Å². The number of aromatic nitrogens is 6. The molecule has 0 radical (unpaired) electrons. The van der Waals surface area contributed by atoms with E-state index >= 15 is 0 Å². The predicted octanol–water partition coefficient (Wildman–Crippen LogP) is 2.60. The third kappa shape index (κ3) is 3.76. The first-order valence-electron chi connectivity index (χ1n) is 11.1. The van der Waals surface area contributed by atoms with E-state index in [0.717, 1.165) is 37.5 Å². The van der Waals surface area contributed by atoms with Crippen molar-refractivity contribution < 1.29 is 9.53 Å². The van der Waals surface area contributed by atoms with Crippen LogP contribution in [-0.2, 0) is 0 Å². The summed E-state index contributed by atoms with van der Waals surface area (Å²) < 4.78 is 7.58. The van der Waals surface area contributed by atoms with Gasteiger partial charge in [0.25, 0.3) is 0 Å². The van der Waals surface area contributed by atoms with Crippen LogP contribution in [0.5, 0.6) is 11.8 Å². The van der Waals surface area contributed by atoms with E-state index < -0.39 is 0 Å². The highest BCUT2D eigenvalue weighted by Gasteiger charge is 2.37. The number of carbonyl (C=O) groups excluding carboxylic acids is 1. The number of carbonyl (C=O) groups is 1. The number of benzene rings is 1. The monoisotopic (exact) mass is 432 g/mol. The Morgan fingerprint density at radius 3 is 2.56 bits per heavy atom. The highest BCUT2D eigenvalue weighted by atomic mass is 16.5. The molecule has 3 aliphatic rings. The molecule has 0 spiro atoms. The summed E-state index contributed by atoms with van der Waals surface area (Å²) in [7, 11) is 0. The van der Waals surface area contributed by atoms with Gasteiger partial charge in [0.2, 0.25) is 0 Å². The first-order chi connectivity index (χ1) is 15.7. The summed E-state index contributed by atoms with van der Waals surface area (Å²) in [6, 6.07) is 10.6. The zero-order valence-electron chi connectivity index (χ0n) is 17.6. The van der Waals surface area contributed by atoms with E-state index in [1.807, 2.05) is 28.0 Å². The summed E-state index contributed by atoms with van der Waals surface area (Å²) >= 11 is 0. The van der Waals surface area contributed by atoms with Crippen molar-refractivity contribution in [1.29, 1.82) is 0 Å². The summed E-state index contributed by atoms with van der Waals surface area (Å²) in [5, 5.41) is 11.3. The third-order valence-corrected chi connectivity index (χ3v) is 6.54. The maximum absolute atomic E-state index is 12.8. The summed E-state index contributed by atoms with van der Waals surface area (Å²) in [4.78, 5) is 25.4. The quantitative estimate of drug-likeness (QED) is 0.611. The Bertz CT molecular complexity index is 1090. The number of amides is 2. The van der Waals surface area contributed by atoms with Gasteiger partial charge in [-0.1, -0.05) is 12.1 Å². The number of hydrogen-bond acceptors (Lipinski definition) is 7. The molecule has 1 aromatic carbocycles. The average Bonchev–Trinajstić information content (AvgIpc) is 3.27. The number of likely N-dealkylation sites (tertiary alicyclic amines) is 2. The van der Waals surface area contributed by atoms with Crippen LogP contribution in [0.1, 0.15) is 48.4 Å². The lowest BCUT2D eigenvalue weighted by atomic mass is 9.92. The van der Waals surface area contributed by atoms with Gasteiger partial charge in [0.05, 0.1) is 11.7 Å². The van der Waals surface area contributed by atoms with Gasteiger partial charge in [-0.15, -0.1) is 5.10 Å². The van der Waals surface area contributed by atoms with Crippen molar-refractivity contribution in [2.24, 2.45) is 0 Å². The van der Waals surface area contributed by atoms with Crippen molar-refractivity contribution in [2.45, 2.75) is 37.1 Å². The van der Waals surface area contributed by atoms with E-state index in [-0.39, 0.29) is 12.1 Å². The van der Waals surface area contributed by atoms with Gasteiger partial charge in [0.1, 0.15) is 12.1 Å². The van der Waals surface area contributed by atoms with Crippen LogP contribution >= 0.6 is 0 Å². The largest absolute Gasteiger partial charge is 0.424 e. The van der Waals surface area contributed by atoms with Crippen LogP contribution < -0.4 is 4.74 Å². The summed E-state index contributed by atoms with van der Waals surface area (Å²) in [6.07, 6.45) is 6.65. The third-order valence-electron chi connectivity index (χ3n) is 6.54. The number of tetrazole rings is 1. The van der Waals surface area contributed by atoms with Crippen molar-refractivity contribution in [3.8, 4) is 11.8 Å². The second-order valence-corrected chi connectivity index (χ2v) is 8.77. The maximum atomic E-state index is 12.8. The number of ether oxygens (including phenoxy) is 1. The first-order valence-corrected chi connectivity index (χ1v) is 11.1. The second-order valence-electron chi connectivity index (χ2n) is 8.77. The van der Waals surface area contributed by atoms with Gasteiger partial charge in [-0.2, -0.15) is 4.98 Å². The fraction of sp³-hybridized carbons (Fsp3) is 0.455. The molecule has 3 aromatic rings. The molecule has 4 heterocycles. The van der Waals surface area contributed by atoms with Gasteiger partial charge >= 0.3 is 12.0 Å². The Balaban J connectivity index is 1.02. The summed E-state index contributed by atoms with van der Waals surface area (Å²) in [6.45, 7) is 2.86.